The van der Waals surface area contributed by atoms with Crippen LogP contribution in [0.5, 0.6) is 5.75 Å². The Morgan fingerprint density at radius 3 is 2.29 bits per heavy atom. The predicted molar refractivity (Wildman–Crippen MR) is 117 cm³/mol. The molecule has 0 unspecified atom stereocenters. The number of rotatable bonds is 10. The highest BCUT2D eigenvalue weighted by Gasteiger charge is 2.03. The average molecular weight is 384 g/mol. The third-order valence-electron chi connectivity index (χ3n) is 4.53. The van der Waals surface area contributed by atoms with E-state index in [1.165, 1.54) is 5.56 Å². The van der Waals surface area contributed by atoms with Gasteiger partial charge in [0.05, 0.1) is 13.7 Å². The molecule has 0 bridgehead atoms. The molecule has 0 aliphatic rings. The first-order valence-corrected chi connectivity index (χ1v) is 10.0. The number of aliphatic imine (C=N–C) groups is 1. The zero-order chi connectivity index (χ0) is 20.2. The van der Waals surface area contributed by atoms with Crippen molar-refractivity contribution >= 4 is 11.8 Å². The molecular formula is C22H33N5O. The van der Waals surface area contributed by atoms with Gasteiger partial charge in [0.15, 0.2) is 5.96 Å². The first-order valence-electron chi connectivity index (χ1n) is 10.0. The molecule has 0 atom stereocenters. The molecule has 0 aliphatic heterocycles. The van der Waals surface area contributed by atoms with Crippen molar-refractivity contribution in [1.82, 2.24) is 15.6 Å². The maximum Gasteiger partial charge on any atom is 0.191 e. The van der Waals surface area contributed by atoms with Gasteiger partial charge >= 0.3 is 0 Å². The Kier molecular flexibility index (Phi) is 9.11. The number of methoxy groups -OCH3 is 1. The molecule has 6 nitrogen and oxygen atoms in total. The quantitative estimate of drug-likeness (QED) is 0.487. The molecule has 152 valence electrons. The van der Waals surface area contributed by atoms with E-state index in [1.807, 2.05) is 18.3 Å². The van der Waals surface area contributed by atoms with Crippen molar-refractivity contribution in [2.24, 2.45) is 4.99 Å². The minimum atomic E-state index is 0.601. The van der Waals surface area contributed by atoms with Crippen LogP contribution in [0.2, 0.25) is 0 Å². The summed E-state index contributed by atoms with van der Waals surface area (Å²) in [6.07, 6.45) is 2.84. The minimum Gasteiger partial charge on any atom is -0.497 e. The first-order chi connectivity index (χ1) is 13.7. The van der Waals surface area contributed by atoms with Gasteiger partial charge in [0.25, 0.3) is 0 Å². The molecule has 0 fully saturated rings. The topological polar surface area (TPSA) is 61.8 Å². The molecule has 0 amide bonds. The van der Waals surface area contributed by atoms with Crippen LogP contribution in [-0.2, 0) is 13.0 Å². The Morgan fingerprint density at radius 2 is 1.71 bits per heavy atom. The van der Waals surface area contributed by atoms with Gasteiger partial charge in [-0.1, -0.05) is 18.2 Å². The summed E-state index contributed by atoms with van der Waals surface area (Å²) in [6.45, 7) is 10.5. The standard InChI is InChI=1S/C22H33N5O/c1-5-23-22(24-15-14-18-8-11-20(28-4)12-9-18)26-17-19-10-13-21(25-16-19)27(6-2)7-3/h8-13,16H,5-7,14-15,17H2,1-4H3,(H2,23,24,26). The Bertz CT molecular complexity index is 709. The van der Waals surface area contributed by atoms with Crippen molar-refractivity contribution in [3.05, 3.63) is 53.7 Å². The number of guanidine groups is 1. The highest BCUT2D eigenvalue weighted by atomic mass is 16.5. The van der Waals surface area contributed by atoms with Crippen LogP contribution in [0.15, 0.2) is 47.6 Å². The molecule has 0 radical (unpaired) electrons. The second kappa shape index (κ2) is 11.8. The summed E-state index contributed by atoms with van der Waals surface area (Å²) in [5, 5.41) is 6.69. The number of aromatic nitrogens is 1. The molecule has 0 saturated carbocycles. The monoisotopic (exact) mass is 383 g/mol. The molecule has 1 heterocycles. The van der Waals surface area contributed by atoms with Gasteiger partial charge in [-0.05, 0) is 56.5 Å². The summed E-state index contributed by atoms with van der Waals surface area (Å²) in [5.41, 5.74) is 2.36. The van der Waals surface area contributed by atoms with Crippen LogP contribution in [0.3, 0.4) is 0 Å². The SMILES string of the molecule is CCNC(=NCc1ccc(N(CC)CC)nc1)NCCc1ccc(OC)cc1. The number of ether oxygens (including phenoxy) is 1. The van der Waals surface area contributed by atoms with Crippen LogP contribution < -0.4 is 20.3 Å². The average Bonchev–Trinajstić information content (AvgIpc) is 2.74. The molecule has 2 N–H and O–H groups in total. The smallest absolute Gasteiger partial charge is 0.191 e. The molecule has 28 heavy (non-hydrogen) atoms. The number of nitrogens with one attached hydrogen (secondary N) is 2. The van der Waals surface area contributed by atoms with Gasteiger partial charge in [-0.25, -0.2) is 9.98 Å². The maximum absolute atomic E-state index is 5.20. The fourth-order valence-electron chi connectivity index (χ4n) is 2.87. The molecular weight excluding hydrogens is 350 g/mol. The number of hydrogen-bond acceptors (Lipinski definition) is 4. The zero-order valence-corrected chi connectivity index (χ0v) is 17.5. The fourth-order valence-corrected chi connectivity index (χ4v) is 2.87. The Labute approximate surface area is 169 Å². The van der Waals surface area contributed by atoms with Crippen LogP contribution in [0.25, 0.3) is 0 Å². The van der Waals surface area contributed by atoms with Gasteiger partial charge < -0.3 is 20.3 Å². The van der Waals surface area contributed by atoms with Crippen molar-refractivity contribution < 1.29 is 4.74 Å². The number of hydrogen-bond donors (Lipinski definition) is 2. The highest BCUT2D eigenvalue weighted by Crippen LogP contribution is 2.12. The molecule has 6 heteroatoms. The lowest BCUT2D eigenvalue weighted by atomic mass is 10.1. The Morgan fingerprint density at radius 1 is 1.00 bits per heavy atom. The Hall–Kier alpha value is -2.76. The second-order valence-electron chi connectivity index (χ2n) is 6.42. The van der Waals surface area contributed by atoms with Gasteiger partial charge in [-0.2, -0.15) is 0 Å². The van der Waals surface area contributed by atoms with E-state index in [2.05, 4.69) is 70.5 Å². The number of anilines is 1. The summed E-state index contributed by atoms with van der Waals surface area (Å²) in [5.74, 6) is 2.72. The molecule has 0 spiro atoms. The molecule has 0 saturated heterocycles. The summed E-state index contributed by atoms with van der Waals surface area (Å²) >= 11 is 0. The molecule has 2 aromatic rings. The number of pyridine rings is 1. The normalized spacial score (nSPS) is 11.2. The van der Waals surface area contributed by atoms with Crippen molar-refractivity contribution in [1.29, 1.82) is 0 Å². The largest absolute Gasteiger partial charge is 0.497 e. The second-order valence-corrected chi connectivity index (χ2v) is 6.42. The molecule has 2 rings (SSSR count). The predicted octanol–water partition coefficient (Wildman–Crippen LogP) is 3.23. The van der Waals surface area contributed by atoms with E-state index in [0.717, 1.165) is 55.7 Å². The van der Waals surface area contributed by atoms with E-state index in [1.54, 1.807) is 7.11 Å². The highest BCUT2D eigenvalue weighted by molar-refractivity contribution is 5.79. The molecule has 1 aromatic carbocycles. The fraction of sp³-hybridized carbons (Fsp3) is 0.455. The van der Waals surface area contributed by atoms with Crippen LogP contribution >= 0.6 is 0 Å². The van der Waals surface area contributed by atoms with E-state index in [0.29, 0.717) is 6.54 Å². The summed E-state index contributed by atoms with van der Waals surface area (Å²) in [6, 6.07) is 12.3. The van der Waals surface area contributed by atoms with E-state index < -0.39 is 0 Å². The minimum absolute atomic E-state index is 0.601. The number of nitrogens with zero attached hydrogens (tertiary/aromatic N) is 3. The summed E-state index contributed by atoms with van der Waals surface area (Å²) < 4.78 is 5.20. The lowest BCUT2D eigenvalue weighted by molar-refractivity contribution is 0.414. The van der Waals surface area contributed by atoms with Gasteiger partial charge in [0.2, 0.25) is 0 Å². The van der Waals surface area contributed by atoms with Crippen molar-refractivity contribution in [3.8, 4) is 5.75 Å². The van der Waals surface area contributed by atoms with Crippen molar-refractivity contribution in [2.45, 2.75) is 33.7 Å². The zero-order valence-electron chi connectivity index (χ0n) is 17.5. The maximum atomic E-state index is 5.20. The van der Waals surface area contributed by atoms with Gasteiger partial charge in [0.1, 0.15) is 11.6 Å². The van der Waals surface area contributed by atoms with Crippen LogP contribution in [0.1, 0.15) is 31.9 Å². The molecule has 0 aliphatic carbocycles. The van der Waals surface area contributed by atoms with E-state index in [-0.39, 0.29) is 0 Å². The van der Waals surface area contributed by atoms with Crippen molar-refractivity contribution in [2.75, 3.05) is 38.2 Å². The van der Waals surface area contributed by atoms with Crippen LogP contribution in [0.4, 0.5) is 5.82 Å². The first kappa shape index (κ1) is 21.5. The number of benzene rings is 1. The lowest BCUT2D eigenvalue weighted by Gasteiger charge is -2.19. The third kappa shape index (κ3) is 6.76. The summed E-state index contributed by atoms with van der Waals surface area (Å²) in [4.78, 5) is 11.5. The van der Waals surface area contributed by atoms with Crippen molar-refractivity contribution in [3.63, 3.8) is 0 Å². The van der Waals surface area contributed by atoms with Crippen LogP contribution in [-0.4, -0.2) is 44.2 Å². The van der Waals surface area contributed by atoms with Gasteiger partial charge in [-0.15, -0.1) is 0 Å². The Balaban J connectivity index is 1.88. The van der Waals surface area contributed by atoms with Gasteiger partial charge in [0, 0.05) is 32.4 Å². The third-order valence-corrected chi connectivity index (χ3v) is 4.53. The van der Waals surface area contributed by atoms with E-state index in [4.69, 9.17) is 4.74 Å². The van der Waals surface area contributed by atoms with E-state index >= 15 is 0 Å². The van der Waals surface area contributed by atoms with Crippen LogP contribution in [0, 0.1) is 0 Å². The molecule has 1 aromatic heterocycles. The van der Waals surface area contributed by atoms with E-state index in [9.17, 15) is 0 Å². The lowest BCUT2D eigenvalue weighted by Crippen LogP contribution is -2.38. The van der Waals surface area contributed by atoms with Gasteiger partial charge in [-0.3, -0.25) is 0 Å². The summed E-state index contributed by atoms with van der Waals surface area (Å²) in [7, 11) is 1.68.